The summed E-state index contributed by atoms with van der Waals surface area (Å²) in [5.74, 6) is 1.87. The lowest BCUT2D eigenvalue weighted by Crippen LogP contribution is -2.47. The second kappa shape index (κ2) is 10.3. The number of methoxy groups -OCH3 is 1. The Morgan fingerprint density at radius 2 is 1.92 bits per heavy atom. The van der Waals surface area contributed by atoms with Crippen LogP contribution in [0.4, 0.5) is 10.5 Å². The fraction of sp³-hybridized carbons (Fsp3) is 0.650. The number of carbonyl (C=O) groups is 1. The Kier molecular flexibility index (Phi) is 8.72. The van der Waals surface area contributed by atoms with E-state index in [0.717, 1.165) is 12.8 Å². The van der Waals surface area contributed by atoms with Gasteiger partial charge in [-0.15, -0.1) is 0 Å². The Hall–Kier alpha value is -1.95. The van der Waals surface area contributed by atoms with Crippen molar-refractivity contribution in [1.82, 2.24) is 5.32 Å². The summed E-state index contributed by atoms with van der Waals surface area (Å²) in [5, 5.41) is 15.0. The van der Waals surface area contributed by atoms with Crippen LogP contribution in [0.2, 0.25) is 0 Å². The topological polar surface area (TPSA) is 79.8 Å². The number of carbonyl (C=O) groups excluding carboxylic acids is 1. The Bertz CT molecular complexity index is 567. The first-order valence-electron chi connectivity index (χ1n) is 9.16. The predicted molar refractivity (Wildman–Crippen MR) is 105 cm³/mol. The van der Waals surface area contributed by atoms with Crippen LogP contribution in [0.3, 0.4) is 0 Å². The number of aliphatic hydroxyl groups excluding tert-OH is 1. The standard InChI is InChI=1S/C20H34N2O4/c1-14(2)8-7-11-26-17-12-15(9-10-16(17)25-6)21-19(24)22-18(13-23)20(3,4)5/h9-10,12,14,18,23H,7-8,11,13H2,1-6H3,(H2,21,22,24)/t18-/m0/s1. The molecular weight excluding hydrogens is 332 g/mol. The first-order valence-corrected chi connectivity index (χ1v) is 9.16. The van der Waals surface area contributed by atoms with Crippen LogP contribution >= 0.6 is 0 Å². The molecular formula is C20H34N2O4. The molecule has 1 aromatic carbocycles. The number of amides is 2. The van der Waals surface area contributed by atoms with Gasteiger partial charge < -0.3 is 25.2 Å². The first kappa shape index (κ1) is 22.1. The van der Waals surface area contributed by atoms with Crippen LogP contribution in [-0.2, 0) is 0 Å². The third-order valence-corrected chi connectivity index (χ3v) is 4.14. The molecule has 3 N–H and O–H groups in total. The molecule has 0 heterocycles. The second-order valence-electron chi connectivity index (χ2n) is 7.95. The van der Waals surface area contributed by atoms with E-state index in [1.54, 1.807) is 25.3 Å². The number of hydrogen-bond donors (Lipinski definition) is 3. The molecule has 0 saturated carbocycles. The number of hydrogen-bond acceptors (Lipinski definition) is 4. The highest BCUT2D eigenvalue weighted by Crippen LogP contribution is 2.30. The zero-order chi connectivity index (χ0) is 19.7. The summed E-state index contributed by atoms with van der Waals surface area (Å²) in [6.45, 7) is 10.7. The monoisotopic (exact) mass is 366 g/mol. The van der Waals surface area contributed by atoms with Crippen molar-refractivity contribution in [2.45, 2.75) is 53.5 Å². The number of aliphatic hydroxyl groups is 1. The number of urea groups is 1. The van der Waals surface area contributed by atoms with E-state index in [9.17, 15) is 9.90 Å². The van der Waals surface area contributed by atoms with Gasteiger partial charge in [-0.25, -0.2) is 4.79 Å². The van der Waals surface area contributed by atoms with Crippen molar-refractivity contribution in [2.75, 3.05) is 25.6 Å². The molecule has 6 heteroatoms. The smallest absolute Gasteiger partial charge is 0.319 e. The van der Waals surface area contributed by atoms with Crippen molar-refractivity contribution >= 4 is 11.7 Å². The Balaban J connectivity index is 2.71. The molecule has 26 heavy (non-hydrogen) atoms. The van der Waals surface area contributed by atoms with Gasteiger partial charge in [0, 0.05) is 11.8 Å². The number of rotatable bonds is 9. The molecule has 0 fully saturated rings. The molecule has 0 radical (unpaired) electrons. The van der Waals surface area contributed by atoms with Crippen LogP contribution in [-0.4, -0.2) is 37.5 Å². The molecule has 0 spiro atoms. The molecule has 1 rings (SSSR count). The third-order valence-electron chi connectivity index (χ3n) is 4.14. The normalized spacial score (nSPS) is 12.6. The van der Waals surface area contributed by atoms with Crippen LogP contribution in [0.1, 0.15) is 47.5 Å². The van der Waals surface area contributed by atoms with Crippen molar-refractivity contribution in [3.8, 4) is 11.5 Å². The molecule has 0 bridgehead atoms. The minimum Gasteiger partial charge on any atom is -0.493 e. The van der Waals surface area contributed by atoms with E-state index in [1.165, 1.54) is 0 Å². The highest BCUT2D eigenvalue weighted by Gasteiger charge is 2.25. The van der Waals surface area contributed by atoms with Gasteiger partial charge in [-0.3, -0.25) is 0 Å². The van der Waals surface area contributed by atoms with E-state index >= 15 is 0 Å². The van der Waals surface area contributed by atoms with Gasteiger partial charge in [0.25, 0.3) is 0 Å². The number of ether oxygens (including phenoxy) is 2. The largest absolute Gasteiger partial charge is 0.493 e. The quantitative estimate of drug-likeness (QED) is 0.576. The van der Waals surface area contributed by atoms with Crippen LogP contribution in [0.5, 0.6) is 11.5 Å². The fourth-order valence-corrected chi connectivity index (χ4v) is 2.40. The number of anilines is 1. The lowest BCUT2D eigenvalue weighted by molar-refractivity contribution is 0.162. The van der Waals surface area contributed by atoms with Gasteiger partial charge in [-0.05, 0) is 36.3 Å². The maximum atomic E-state index is 12.2. The van der Waals surface area contributed by atoms with Crippen molar-refractivity contribution in [3.63, 3.8) is 0 Å². The molecule has 0 aliphatic carbocycles. The molecule has 6 nitrogen and oxygen atoms in total. The average molecular weight is 367 g/mol. The van der Waals surface area contributed by atoms with Crippen molar-refractivity contribution in [3.05, 3.63) is 18.2 Å². The van der Waals surface area contributed by atoms with Crippen LogP contribution < -0.4 is 20.1 Å². The lowest BCUT2D eigenvalue weighted by Gasteiger charge is -2.29. The summed E-state index contributed by atoms with van der Waals surface area (Å²) >= 11 is 0. The molecule has 0 aliphatic heterocycles. The molecule has 1 atom stereocenters. The van der Waals surface area contributed by atoms with E-state index in [4.69, 9.17) is 9.47 Å². The molecule has 0 unspecified atom stereocenters. The molecule has 0 saturated heterocycles. The highest BCUT2D eigenvalue weighted by molar-refractivity contribution is 5.89. The van der Waals surface area contributed by atoms with Gasteiger partial charge in [0.15, 0.2) is 11.5 Å². The van der Waals surface area contributed by atoms with E-state index in [2.05, 4.69) is 24.5 Å². The molecule has 148 valence electrons. The van der Waals surface area contributed by atoms with Gasteiger partial charge in [0.2, 0.25) is 0 Å². The van der Waals surface area contributed by atoms with Gasteiger partial charge in [-0.2, -0.15) is 0 Å². The van der Waals surface area contributed by atoms with Crippen LogP contribution in [0, 0.1) is 11.3 Å². The third kappa shape index (κ3) is 7.52. The van der Waals surface area contributed by atoms with Crippen LogP contribution in [0.25, 0.3) is 0 Å². The summed E-state index contributed by atoms with van der Waals surface area (Å²) in [6.07, 6.45) is 2.06. The van der Waals surface area contributed by atoms with E-state index < -0.39 is 0 Å². The maximum Gasteiger partial charge on any atom is 0.319 e. The SMILES string of the molecule is COc1ccc(NC(=O)N[C@@H](CO)C(C)(C)C)cc1OCCCC(C)C. The summed E-state index contributed by atoms with van der Waals surface area (Å²) < 4.78 is 11.1. The average Bonchev–Trinajstić information content (AvgIpc) is 2.55. The second-order valence-corrected chi connectivity index (χ2v) is 7.95. The summed E-state index contributed by atoms with van der Waals surface area (Å²) in [7, 11) is 1.59. The summed E-state index contributed by atoms with van der Waals surface area (Å²) in [4.78, 5) is 12.2. The minimum absolute atomic E-state index is 0.121. The molecule has 0 aliphatic rings. The van der Waals surface area contributed by atoms with E-state index in [1.807, 2.05) is 20.8 Å². The van der Waals surface area contributed by atoms with Crippen molar-refractivity contribution < 1.29 is 19.4 Å². The van der Waals surface area contributed by atoms with Crippen LogP contribution in [0.15, 0.2) is 18.2 Å². The Morgan fingerprint density at radius 3 is 2.46 bits per heavy atom. The maximum absolute atomic E-state index is 12.2. The molecule has 0 aromatic heterocycles. The Morgan fingerprint density at radius 1 is 1.23 bits per heavy atom. The van der Waals surface area contributed by atoms with Gasteiger partial charge >= 0.3 is 6.03 Å². The summed E-state index contributed by atoms with van der Waals surface area (Å²) in [5.41, 5.74) is 0.365. The number of nitrogens with one attached hydrogen (secondary N) is 2. The predicted octanol–water partition coefficient (Wildman–Crippen LogP) is 4.04. The van der Waals surface area contributed by atoms with Gasteiger partial charge in [0.05, 0.1) is 26.4 Å². The highest BCUT2D eigenvalue weighted by atomic mass is 16.5. The van der Waals surface area contributed by atoms with E-state index in [0.29, 0.717) is 29.7 Å². The zero-order valence-corrected chi connectivity index (χ0v) is 16.9. The Labute approximate surface area is 157 Å². The number of benzene rings is 1. The van der Waals surface area contributed by atoms with Gasteiger partial charge in [-0.1, -0.05) is 34.6 Å². The summed E-state index contributed by atoms with van der Waals surface area (Å²) in [6, 6.07) is 4.56. The fourth-order valence-electron chi connectivity index (χ4n) is 2.40. The van der Waals surface area contributed by atoms with Crippen molar-refractivity contribution in [1.29, 1.82) is 0 Å². The van der Waals surface area contributed by atoms with E-state index in [-0.39, 0.29) is 24.1 Å². The lowest BCUT2D eigenvalue weighted by atomic mass is 9.87. The molecule has 1 aromatic rings. The van der Waals surface area contributed by atoms with Gasteiger partial charge in [0.1, 0.15) is 0 Å². The minimum atomic E-state index is -0.366. The molecule has 2 amide bonds. The first-order chi connectivity index (χ1) is 12.2. The van der Waals surface area contributed by atoms with Crippen molar-refractivity contribution in [2.24, 2.45) is 11.3 Å². The zero-order valence-electron chi connectivity index (χ0n) is 16.9.